The van der Waals surface area contributed by atoms with E-state index in [1.807, 2.05) is 12.1 Å². The molecule has 0 aromatic heterocycles. The first-order valence-electron chi connectivity index (χ1n) is 6.52. The van der Waals surface area contributed by atoms with Crippen molar-refractivity contribution in [3.8, 4) is 23.8 Å². The minimum absolute atomic E-state index is 0.106. The largest absolute Gasteiger partial charge is 0.490 e. The van der Waals surface area contributed by atoms with Gasteiger partial charge in [0.15, 0.2) is 11.5 Å². The van der Waals surface area contributed by atoms with Crippen LogP contribution in [0.1, 0.15) is 25.3 Å². The van der Waals surface area contributed by atoms with E-state index in [0.29, 0.717) is 13.2 Å². The summed E-state index contributed by atoms with van der Waals surface area (Å²) in [7, 11) is 0. The number of benzene rings is 1. The second kappa shape index (κ2) is 6.83. The van der Waals surface area contributed by atoms with Crippen molar-refractivity contribution in [1.29, 1.82) is 0 Å². The van der Waals surface area contributed by atoms with Gasteiger partial charge in [0, 0.05) is 13.0 Å². The molecule has 1 aliphatic heterocycles. The van der Waals surface area contributed by atoms with Gasteiger partial charge in [0.2, 0.25) is 0 Å². The summed E-state index contributed by atoms with van der Waals surface area (Å²) in [6.07, 6.45) is 7.27. The fourth-order valence-corrected chi connectivity index (χ4v) is 2.55. The molecular weight excluding hydrogens is 306 g/mol. The van der Waals surface area contributed by atoms with Gasteiger partial charge in [-0.2, -0.15) is 0 Å². The normalized spacial score (nSPS) is 15.4. The first kappa shape index (κ1) is 14.2. The molecule has 0 amide bonds. The first-order valence-corrected chi connectivity index (χ1v) is 7.31. The van der Waals surface area contributed by atoms with Crippen LogP contribution in [-0.4, -0.2) is 19.3 Å². The quantitative estimate of drug-likeness (QED) is 0.864. The standard InChI is InChI=1S/C15H18BrNO2/c1-3-12(4-2)17-10-11-8-13(16)15-14(9-11)18-6-5-7-19-15/h1,8-9,12,17H,4-7,10H2,2H3. The number of nitrogens with one attached hydrogen (secondary N) is 1. The molecular formula is C15H18BrNO2. The Balaban J connectivity index is 2.13. The van der Waals surface area contributed by atoms with Crippen molar-refractivity contribution in [3.05, 3.63) is 22.2 Å². The van der Waals surface area contributed by atoms with Crippen molar-refractivity contribution in [1.82, 2.24) is 5.32 Å². The highest BCUT2D eigenvalue weighted by atomic mass is 79.9. The number of rotatable bonds is 4. The lowest BCUT2D eigenvalue weighted by Crippen LogP contribution is -2.26. The zero-order valence-corrected chi connectivity index (χ0v) is 12.6. The zero-order chi connectivity index (χ0) is 13.7. The van der Waals surface area contributed by atoms with Crippen LogP contribution in [0.2, 0.25) is 0 Å². The third-order valence-electron chi connectivity index (χ3n) is 3.02. The Labute approximate surface area is 122 Å². The van der Waals surface area contributed by atoms with Gasteiger partial charge in [-0.1, -0.05) is 12.8 Å². The molecule has 1 N–H and O–H groups in total. The van der Waals surface area contributed by atoms with E-state index in [1.54, 1.807) is 0 Å². The molecule has 3 nitrogen and oxygen atoms in total. The topological polar surface area (TPSA) is 30.5 Å². The van der Waals surface area contributed by atoms with E-state index >= 15 is 0 Å². The second-order valence-electron chi connectivity index (χ2n) is 4.46. The van der Waals surface area contributed by atoms with Crippen molar-refractivity contribution in [2.75, 3.05) is 13.2 Å². The van der Waals surface area contributed by atoms with Gasteiger partial charge in [-0.3, -0.25) is 5.32 Å². The SMILES string of the molecule is C#CC(CC)NCc1cc(Br)c2c(c1)OCCCO2. The van der Waals surface area contributed by atoms with Crippen molar-refractivity contribution in [2.24, 2.45) is 0 Å². The van der Waals surface area contributed by atoms with Gasteiger partial charge in [-0.05, 0) is 40.0 Å². The predicted molar refractivity (Wildman–Crippen MR) is 79.5 cm³/mol. The summed E-state index contributed by atoms with van der Waals surface area (Å²) in [6.45, 7) is 4.18. The first-order chi connectivity index (χ1) is 9.24. The summed E-state index contributed by atoms with van der Waals surface area (Å²) in [4.78, 5) is 0. The molecule has 0 saturated heterocycles. The highest BCUT2D eigenvalue weighted by Crippen LogP contribution is 2.38. The zero-order valence-electron chi connectivity index (χ0n) is 11.0. The Morgan fingerprint density at radius 1 is 1.42 bits per heavy atom. The van der Waals surface area contributed by atoms with E-state index in [-0.39, 0.29) is 6.04 Å². The summed E-state index contributed by atoms with van der Waals surface area (Å²) in [5.74, 6) is 4.33. The smallest absolute Gasteiger partial charge is 0.175 e. The number of hydrogen-bond acceptors (Lipinski definition) is 3. The number of fused-ring (bicyclic) bond motifs is 1. The number of hydrogen-bond donors (Lipinski definition) is 1. The molecule has 102 valence electrons. The number of terminal acetylenes is 1. The molecule has 1 aromatic rings. The lowest BCUT2D eigenvalue weighted by atomic mass is 10.1. The maximum Gasteiger partial charge on any atom is 0.175 e. The molecule has 4 heteroatoms. The highest BCUT2D eigenvalue weighted by molar-refractivity contribution is 9.10. The Kier molecular flexibility index (Phi) is 5.12. The fraction of sp³-hybridized carbons (Fsp3) is 0.467. The molecule has 1 heterocycles. The summed E-state index contributed by atoms with van der Waals surface area (Å²) in [6, 6.07) is 4.17. The van der Waals surface area contributed by atoms with Crippen molar-refractivity contribution >= 4 is 15.9 Å². The van der Waals surface area contributed by atoms with Gasteiger partial charge in [0.05, 0.1) is 23.7 Å². The molecule has 0 spiro atoms. The van der Waals surface area contributed by atoms with E-state index in [2.05, 4.69) is 34.1 Å². The molecule has 1 aliphatic rings. The van der Waals surface area contributed by atoms with E-state index in [4.69, 9.17) is 15.9 Å². The minimum Gasteiger partial charge on any atom is -0.490 e. The van der Waals surface area contributed by atoms with Gasteiger partial charge in [0.1, 0.15) is 0 Å². The van der Waals surface area contributed by atoms with Crippen molar-refractivity contribution in [2.45, 2.75) is 32.4 Å². The molecule has 1 atom stereocenters. The van der Waals surface area contributed by atoms with Crippen LogP contribution < -0.4 is 14.8 Å². The van der Waals surface area contributed by atoms with Gasteiger partial charge in [-0.15, -0.1) is 6.42 Å². The highest BCUT2D eigenvalue weighted by Gasteiger charge is 2.15. The Morgan fingerprint density at radius 2 is 2.21 bits per heavy atom. The summed E-state index contributed by atoms with van der Waals surface area (Å²) < 4.78 is 12.3. The molecule has 19 heavy (non-hydrogen) atoms. The Hall–Kier alpha value is -1.18. The van der Waals surface area contributed by atoms with Crippen LogP contribution in [0.5, 0.6) is 11.5 Å². The average molecular weight is 324 g/mol. The Morgan fingerprint density at radius 3 is 2.95 bits per heavy atom. The lowest BCUT2D eigenvalue weighted by molar-refractivity contribution is 0.296. The molecule has 0 aliphatic carbocycles. The minimum atomic E-state index is 0.106. The van der Waals surface area contributed by atoms with Gasteiger partial charge in [0.25, 0.3) is 0 Å². The fourth-order valence-electron chi connectivity index (χ4n) is 1.95. The summed E-state index contributed by atoms with van der Waals surface area (Å²) in [5, 5.41) is 3.33. The van der Waals surface area contributed by atoms with Crippen LogP contribution in [0.3, 0.4) is 0 Å². The number of halogens is 1. The monoisotopic (exact) mass is 323 g/mol. The molecule has 1 aromatic carbocycles. The van der Waals surface area contributed by atoms with Crippen LogP contribution in [0.15, 0.2) is 16.6 Å². The van der Waals surface area contributed by atoms with Gasteiger partial charge in [-0.25, -0.2) is 0 Å². The van der Waals surface area contributed by atoms with E-state index < -0.39 is 0 Å². The van der Waals surface area contributed by atoms with E-state index in [0.717, 1.165) is 40.9 Å². The van der Waals surface area contributed by atoms with E-state index in [1.165, 1.54) is 0 Å². The predicted octanol–water partition coefficient (Wildman–Crippen LogP) is 3.11. The molecule has 0 radical (unpaired) electrons. The summed E-state index contributed by atoms with van der Waals surface area (Å²) >= 11 is 3.54. The van der Waals surface area contributed by atoms with Gasteiger partial charge < -0.3 is 9.47 Å². The Bertz CT molecular complexity index is 482. The van der Waals surface area contributed by atoms with Gasteiger partial charge >= 0.3 is 0 Å². The van der Waals surface area contributed by atoms with Crippen molar-refractivity contribution in [3.63, 3.8) is 0 Å². The molecule has 0 fully saturated rings. The number of ether oxygens (including phenoxy) is 2. The average Bonchev–Trinajstić information content (AvgIpc) is 2.65. The molecule has 2 rings (SSSR count). The van der Waals surface area contributed by atoms with E-state index in [9.17, 15) is 0 Å². The molecule has 0 bridgehead atoms. The lowest BCUT2D eigenvalue weighted by Gasteiger charge is -2.14. The molecule has 0 saturated carbocycles. The van der Waals surface area contributed by atoms with Crippen molar-refractivity contribution < 1.29 is 9.47 Å². The van der Waals surface area contributed by atoms with Crippen LogP contribution >= 0.6 is 15.9 Å². The maximum absolute atomic E-state index is 5.71. The van der Waals surface area contributed by atoms with Crippen LogP contribution in [0.4, 0.5) is 0 Å². The summed E-state index contributed by atoms with van der Waals surface area (Å²) in [5.41, 5.74) is 1.13. The maximum atomic E-state index is 5.71. The van der Waals surface area contributed by atoms with Crippen LogP contribution in [-0.2, 0) is 6.54 Å². The van der Waals surface area contributed by atoms with Crippen LogP contribution in [0, 0.1) is 12.3 Å². The molecule has 1 unspecified atom stereocenters. The third-order valence-corrected chi connectivity index (χ3v) is 3.61. The third kappa shape index (κ3) is 3.65. The van der Waals surface area contributed by atoms with Crippen LogP contribution in [0.25, 0.3) is 0 Å². The second-order valence-corrected chi connectivity index (χ2v) is 5.32.